The van der Waals surface area contributed by atoms with Crippen LogP contribution in [0.15, 0.2) is 54.6 Å². The van der Waals surface area contributed by atoms with E-state index in [0.29, 0.717) is 5.75 Å². The molecule has 2 aromatic rings. The second-order valence-electron chi connectivity index (χ2n) is 4.03. The van der Waals surface area contributed by atoms with Crippen LogP contribution in [0.4, 0.5) is 0 Å². The minimum Gasteiger partial charge on any atom is -0.508 e. The molecule has 88 valence electrons. The first-order valence-corrected chi connectivity index (χ1v) is 5.88. The molecule has 0 aromatic heterocycles. The summed E-state index contributed by atoms with van der Waals surface area (Å²) in [4.78, 5) is 0. The Morgan fingerprint density at radius 1 is 0.824 bits per heavy atom. The van der Waals surface area contributed by atoms with Crippen LogP contribution in [0.2, 0.25) is 0 Å². The highest BCUT2D eigenvalue weighted by Gasteiger charge is 2.05. The van der Waals surface area contributed by atoms with Gasteiger partial charge < -0.3 is 10.4 Å². The van der Waals surface area contributed by atoms with Crippen LogP contribution in [0.3, 0.4) is 0 Å². The Kier molecular flexibility index (Phi) is 4.17. The van der Waals surface area contributed by atoms with Gasteiger partial charge in [0.05, 0.1) is 0 Å². The van der Waals surface area contributed by atoms with Crippen molar-refractivity contribution in [2.75, 3.05) is 6.54 Å². The van der Waals surface area contributed by atoms with Gasteiger partial charge in [-0.3, -0.25) is 0 Å². The number of hydrogen-bond acceptors (Lipinski definition) is 2. The summed E-state index contributed by atoms with van der Waals surface area (Å²) in [7, 11) is 0. The van der Waals surface area contributed by atoms with Gasteiger partial charge in [-0.1, -0.05) is 42.5 Å². The van der Waals surface area contributed by atoms with Gasteiger partial charge in [0.2, 0.25) is 0 Å². The van der Waals surface area contributed by atoms with Gasteiger partial charge in [0.1, 0.15) is 5.75 Å². The third-order valence-electron chi connectivity index (χ3n) is 2.76. The molecule has 0 fully saturated rings. The molecule has 3 rings (SSSR count). The van der Waals surface area contributed by atoms with E-state index in [1.807, 2.05) is 6.07 Å². The van der Waals surface area contributed by atoms with Crippen LogP contribution < -0.4 is 5.32 Å². The van der Waals surface area contributed by atoms with Gasteiger partial charge in [-0.25, -0.2) is 0 Å². The van der Waals surface area contributed by atoms with Crippen LogP contribution in [0.5, 0.6) is 5.75 Å². The van der Waals surface area contributed by atoms with Crippen LogP contribution in [0.1, 0.15) is 11.1 Å². The maximum atomic E-state index is 8.63. The summed E-state index contributed by atoms with van der Waals surface area (Å²) in [6.07, 6.45) is 1.19. The predicted molar refractivity (Wildman–Crippen MR) is 70.0 cm³/mol. The van der Waals surface area contributed by atoms with Crippen molar-refractivity contribution in [1.29, 1.82) is 0 Å². The summed E-state index contributed by atoms with van der Waals surface area (Å²) in [5.74, 6) is 0.322. The predicted octanol–water partition coefficient (Wildman–Crippen LogP) is 2.72. The number of benzene rings is 2. The van der Waals surface area contributed by atoms with E-state index in [-0.39, 0.29) is 0 Å². The number of para-hydroxylation sites is 1. The lowest BCUT2D eigenvalue weighted by Crippen LogP contribution is -2.23. The Balaban J connectivity index is 0.000000136. The fourth-order valence-corrected chi connectivity index (χ4v) is 1.85. The summed E-state index contributed by atoms with van der Waals surface area (Å²) >= 11 is 0. The molecule has 0 atom stereocenters. The summed E-state index contributed by atoms with van der Waals surface area (Å²) in [6, 6.07) is 17.3. The average Bonchev–Trinajstić information content (AvgIpc) is 2.41. The molecule has 0 radical (unpaired) electrons. The number of phenols is 1. The van der Waals surface area contributed by atoms with Crippen molar-refractivity contribution in [3.05, 3.63) is 65.7 Å². The summed E-state index contributed by atoms with van der Waals surface area (Å²) in [5.41, 5.74) is 2.98. The normalized spacial score (nSPS) is 13.2. The van der Waals surface area contributed by atoms with Gasteiger partial charge in [0.25, 0.3) is 0 Å². The van der Waals surface area contributed by atoms with Crippen molar-refractivity contribution >= 4 is 0 Å². The average molecular weight is 227 g/mol. The SMILES string of the molecule is Oc1ccccc1.c1ccc2c(c1)CCNC2. The fourth-order valence-electron chi connectivity index (χ4n) is 1.85. The number of rotatable bonds is 0. The lowest BCUT2D eigenvalue weighted by atomic mass is 10.0. The Morgan fingerprint density at radius 2 is 1.47 bits per heavy atom. The van der Waals surface area contributed by atoms with Gasteiger partial charge in [-0.15, -0.1) is 0 Å². The number of fused-ring (bicyclic) bond motifs is 1. The lowest BCUT2D eigenvalue weighted by Gasteiger charge is -2.15. The number of phenolic OH excluding ortho intramolecular Hbond substituents is 1. The maximum Gasteiger partial charge on any atom is 0.115 e. The Labute approximate surface area is 102 Å². The molecule has 1 heterocycles. The molecule has 17 heavy (non-hydrogen) atoms. The molecule has 2 heteroatoms. The summed E-state index contributed by atoms with van der Waals surface area (Å²) in [6.45, 7) is 2.19. The van der Waals surface area contributed by atoms with Crippen LogP contribution in [0.25, 0.3) is 0 Å². The molecule has 0 saturated carbocycles. The van der Waals surface area contributed by atoms with Crippen LogP contribution in [-0.4, -0.2) is 11.7 Å². The minimum absolute atomic E-state index is 0.322. The second kappa shape index (κ2) is 6.06. The van der Waals surface area contributed by atoms with E-state index in [1.54, 1.807) is 24.3 Å². The molecule has 0 amide bonds. The van der Waals surface area contributed by atoms with E-state index < -0.39 is 0 Å². The third kappa shape index (κ3) is 3.61. The number of aromatic hydroxyl groups is 1. The fraction of sp³-hybridized carbons (Fsp3) is 0.200. The van der Waals surface area contributed by atoms with E-state index in [2.05, 4.69) is 29.6 Å². The highest BCUT2D eigenvalue weighted by molar-refractivity contribution is 5.28. The Morgan fingerprint density at radius 3 is 2.06 bits per heavy atom. The molecule has 2 nitrogen and oxygen atoms in total. The van der Waals surface area contributed by atoms with Crippen LogP contribution in [0, 0.1) is 0 Å². The van der Waals surface area contributed by atoms with Gasteiger partial charge in [-0.05, 0) is 36.2 Å². The molecule has 0 unspecified atom stereocenters. The zero-order chi connectivity index (χ0) is 11.9. The zero-order valence-corrected chi connectivity index (χ0v) is 9.76. The Bertz CT molecular complexity index is 428. The van der Waals surface area contributed by atoms with E-state index in [1.165, 1.54) is 17.5 Å². The highest BCUT2D eigenvalue weighted by Crippen LogP contribution is 2.11. The van der Waals surface area contributed by atoms with E-state index in [4.69, 9.17) is 5.11 Å². The molecule has 1 aliphatic rings. The van der Waals surface area contributed by atoms with Gasteiger partial charge in [0.15, 0.2) is 0 Å². The van der Waals surface area contributed by atoms with Crippen molar-refractivity contribution < 1.29 is 5.11 Å². The molecule has 0 saturated heterocycles. The zero-order valence-electron chi connectivity index (χ0n) is 9.76. The van der Waals surface area contributed by atoms with Crippen molar-refractivity contribution in [2.45, 2.75) is 13.0 Å². The molecule has 2 aromatic carbocycles. The van der Waals surface area contributed by atoms with Crippen LogP contribution >= 0.6 is 0 Å². The van der Waals surface area contributed by atoms with E-state index in [0.717, 1.165) is 13.1 Å². The van der Waals surface area contributed by atoms with Crippen LogP contribution in [-0.2, 0) is 13.0 Å². The monoisotopic (exact) mass is 227 g/mol. The molecule has 0 bridgehead atoms. The molecule has 0 aliphatic carbocycles. The first kappa shape index (κ1) is 11.7. The minimum atomic E-state index is 0.322. The van der Waals surface area contributed by atoms with Gasteiger partial charge >= 0.3 is 0 Å². The molecule has 0 spiro atoms. The second-order valence-corrected chi connectivity index (χ2v) is 4.03. The largest absolute Gasteiger partial charge is 0.508 e. The first-order chi connectivity index (χ1) is 8.36. The molecule has 1 aliphatic heterocycles. The van der Waals surface area contributed by atoms with Gasteiger partial charge in [-0.2, -0.15) is 0 Å². The van der Waals surface area contributed by atoms with E-state index >= 15 is 0 Å². The molecule has 2 N–H and O–H groups in total. The molecular weight excluding hydrogens is 210 g/mol. The number of nitrogens with one attached hydrogen (secondary N) is 1. The third-order valence-corrected chi connectivity index (χ3v) is 2.76. The maximum absolute atomic E-state index is 8.63. The standard InChI is InChI=1S/C9H11N.C6H6O/c1-2-4-9-7-10-6-5-8(9)3-1;7-6-4-2-1-3-5-6/h1-4,10H,5-7H2;1-5,7H. The molecular formula is C15H17NO. The lowest BCUT2D eigenvalue weighted by molar-refractivity contribution is 0.475. The van der Waals surface area contributed by atoms with E-state index in [9.17, 15) is 0 Å². The Hall–Kier alpha value is -1.80. The quantitative estimate of drug-likeness (QED) is 0.725. The van der Waals surface area contributed by atoms with Crippen molar-refractivity contribution in [3.63, 3.8) is 0 Å². The van der Waals surface area contributed by atoms with Crippen molar-refractivity contribution in [3.8, 4) is 5.75 Å². The highest BCUT2D eigenvalue weighted by atomic mass is 16.3. The smallest absolute Gasteiger partial charge is 0.115 e. The summed E-state index contributed by atoms with van der Waals surface area (Å²) < 4.78 is 0. The van der Waals surface area contributed by atoms with Crippen molar-refractivity contribution in [1.82, 2.24) is 5.32 Å². The summed E-state index contributed by atoms with van der Waals surface area (Å²) in [5, 5.41) is 12.0. The first-order valence-electron chi connectivity index (χ1n) is 5.88. The van der Waals surface area contributed by atoms with Crippen molar-refractivity contribution in [2.24, 2.45) is 0 Å². The number of hydrogen-bond donors (Lipinski definition) is 2. The van der Waals surface area contributed by atoms with Gasteiger partial charge in [0, 0.05) is 6.54 Å². The topological polar surface area (TPSA) is 32.3 Å².